The molecule has 0 saturated heterocycles. The first-order chi connectivity index (χ1) is 7.31. The molecule has 15 heavy (non-hydrogen) atoms. The van der Waals surface area contributed by atoms with Crippen LogP contribution < -0.4 is 0 Å². The molecule has 1 atom stereocenters. The van der Waals surface area contributed by atoms with E-state index in [1.807, 2.05) is 11.3 Å². The Kier molecular flexibility index (Phi) is 3.22. The Hall–Kier alpha value is -1.08. The minimum Gasteiger partial charge on any atom is -0.149 e. The van der Waals surface area contributed by atoms with Crippen LogP contribution in [0.2, 0.25) is 0 Å². The predicted molar refractivity (Wildman–Crippen MR) is 67.7 cm³/mol. The minimum atomic E-state index is 0.516. The highest BCUT2D eigenvalue weighted by molar-refractivity contribution is 7.10. The lowest BCUT2D eigenvalue weighted by Gasteiger charge is -2.09. The van der Waals surface area contributed by atoms with E-state index in [4.69, 9.17) is 0 Å². The van der Waals surface area contributed by atoms with Crippen molar-refractivity contribution in [3.63, 3.8) is 0 Å². The molecule has 0 fully saturated rings. The van der Waals surface area contributed by atoms with Gasteiger partial charge in [0.05, 0.1) is 0 Å². The molecule has 78 valence electrons. The molecule has 0 bridgehead atoms. The second kappa shape index (κ2) is 4.63. The maximum Gasteiger partial charge on any atom is 0.00693 e. The zero-order valence-corrected chi connectivity index (χ0v) is 10.1. The molecule has 0 aliphatic heterocycles. The molecule has 2 aromatic rings. The summed E-state index contributed by atoms with van der Waals surface area (Å²) in [5.74, 6) is 0.516. The summed E-state index contributed by atoms with van der Waals surface area (Å²) in [5.41, 5.74) is 2.85. The highest BCUT2D eigenvalue weighted by Gasteiger charge is 2.09. The van der Waals surface area contributed by atoms with E-state index in [9.17, 15) is 0 Å². The van der Waals surface area contributed by atoms with E-state index < -0.39 is 0 Å². The zero-order chi connectivity index (χ0) is 10.7. The van der Waals surface area contributed by atoms with Gasteiger partial charge in [0.1, 0.15) is 0 Å². The summed E-state index contributed by atoms with van der Waals surface area (Å²) in [4.78, 5) is 1.48. The topological polar surface area (TPSA) is 0 Å². The monoisotopic (exact) mass is 216 g/mol. The summed E-state index contributed by atoms with van der Waals surface area (Å²) in [6, 6.07) is 13.0. The molecule has 0 aliphatic rings. The van der Waals surface area contributed by atoms with Crippen molar-refractivity contribution >= 4 is 11.3 Å². The van der Waals surface area contributed by atoms with Gasteiger partial charge in [-0.25, -0.2) is 0 Å². The number of hydrogen-bond acceptors (Lipinski definition) is 1. The average molecular weight is 216 g/mol. The van der Waals surface area contributed by atoms with Crippen LogP contribution >= 0.6 is 11.3 Å². The first kappa shape index (κ1) is 10.4. The second-order valence-corrected chi connectivity index (χ2v) is 4.83. The number of aryl methyl sites for hydroxylation is 1. The Morgan fingerprint density at radius 1 is 1.13 bits per heavy atom. The van der Waals surface area contributed by atoms with Gasteiger partial charge in [-0.3, -0.25) is 0 Å². The van der Waals surface area contributed by atoms with Crippen LogP contribution in [0.15, 0.2) is 41.8 Å². The third kappa shape index (κ3) is 2.29. The van der Waals surface area contributed by atoms with Gasteiger partial charge in [-0.2, -0.15) is 0 Å². The van der Waals surface area contributed by atoms with Crippen molar-refractivity contribution in [3.05, 3.63) is 57.8 Å². The fraction of sp³-hybridized carbons (Fsp3) is 0.286. The third-order valence-corrected chi connectivity index (χ3v) is 3.92. The van der Waals surface area contributed by atoms with Crippen LogP contribution in [0.1, 0.15) is 35.8 Å². The van der Waals surface area contributed by atoms with Crippen LogP contribution in [-0.2, 0) is 6.42 Å². The first-order valence-corrected chi connectivity index (χ1v) is 6.31. The SMILES string of the molecule is CCc1cc(C(C)c2ccccc2)cs1. The number of benzene rings is 1. The number of rotatable bonds is 3. The van der Waals surface area contributed by atoms with E-state index in [2.05, 4.69) is 55.6 Å². The molecule has 0 N–H and O–H groups in total. The molecule has 0 nitrogen and oxygen atoms in total. The van der Waals surface area contributed by atoms with Crippen molar-refractivity contribution in [1.82, 2.24) is 0 Å². The lowest BCUT2D eigenvalue weighted by Crippen LogP contribution is -1.93. The molecular formula is C14H16S. The van der Waals surface area contributed by atoms with E-state index in [0.717, 1.165) is 6.42 Å². The molecule has 0 amide bonds. The fourth-order valence-electron chi connectivity index (χ4n) is 1.74. The Balaban J connectivity index is 2.24. The van der Waals surface area contributed by atoms with Crippen LogP contribution in [-0.4, -0.2) is 0 Å². The molecule has 1 aromatic carbocycles. The third-order valence-electron chi connectivity index (χ3n) is 2.82. The molecule has 1 heterocycles. The van der Waals surface area contributed by atoms with Crippen LogP contribution in [0, 0.1) is 0 Å². The second-order valence-electron chi connectivity index (χ2n) is 3.83. The Morgan fingerprint density at radius 3 is 2.47 bits per heavy atom. The van der Waals surface area contributed by atoms with Gasteiger partial charge in [0, 0.05) is 10.8 Å². The van der Waals surface area contributed by atoms with E-state index >= 15 is 0 Å². The predicted octanol–water partition coefficient (Wildman–Crippen LogP) is 4.46. The molecule has 0 radical (unpaired) electrons. The van der Waals surface area contributed by atoms with Gasteiger partial charge in [-0.1, -0.05) is 44.2 Å². The molecule has 1 heteroatoms. The standard InChI is InChI=1S/C14H16S/c1-3-14-9-13(10-15-14)11(2)12-7-5-4-6-8-12/h4-11H,3H2,1-2H3. The first-order valence-electron chi connectivity index (χ1n) is 5.43. The quantitative estimate of drug-likeness (QED) is 0.710. The van der Waals surface area contributed by atoms with Gasteiger partial charge in [-0.15, -0.1) is 11.3 Å². The Bertz CT molecular complexity index is 414. The fourth-order valence-corrected chi connectivity index (χ4v) is 2.67. The summed E-state index contributed by atoms with van der Waals surface area (Å²) in [6.45, 7) is 4.49. The molecule has 0 aliphatic carbocycles. The van der Waals surface area contributed by atoms with E-state index in [0.29, 0.717) is 5.92 Å². The molecule has 1 unspecified atom stereocenters. The van der Waals surface area contributed by atoms with Crippen molar-refractivity contribution in [2.75, 3.05) is 0 Å². The normalized spacial score (nSPS) is 12.7. The lowest BCUT2D eigenvalue weighted by atomic mass is 9.95. The Labute approximate surface area is 95.6 Å². The van der Waals surface area contributed by atoms with Crippen molar-refractivity contribution in [2.24, 2.45) is 0 Å². The highest BCUT2D eigenvalue weighted by Crippen LogP contribution is 2.28. The summed E-state index contributed by atoms with van der Waals surface area (Å²) in [6.07, 6.45) is 1.15. The minimum absolute atomic E-state index is 0.516. The van der Waals surface area contributed by atoms with Gasteiger partial charge in [0.25, 0.3) is 0 Å². The summed E-state index contributed by atoms with van der Waals surface area (Å²) < 4.78 is 0. The maximum atomic E-state index is 2.34. The molecule has 2 rings (SSSR count). The molecule has 1 aromatic heterocycles. The van der Waals surface area contributed by atoms with Crippen LogP contribution in [0.25, 0.3) is 0 Å². The molecule has 0 spiro atoms. The summed E-state index contributed by atoms with van der Waals surface area (Å²) in [5, 5.41) is 2.29. The van der Waals surface area contributed by atoms with Gasteiger partial charge in [0.2, 0.25) is 0 Å². The molecule has 0 saturated carbocycles. The summed E-state index contributed by atoms with van der Waals surface area (Å²) in [7, 11) is 0. The van der Waals surface area contributed by atoms with Crippen LogP contribution in [0.5, 0.6) is 0 Å². The lowest BCUT2D eigenvalue weighted by molar-refractivity contribution is 0.926. The average Bonchev–Trinajstić information content (AvgIpc) is 2.78. The van der Waals surface area contributed by atoms with Crippen LogP contribution in [0.4, 0.5) is 0 Å². The highest BCUT2D eigenvalue weighted by atomic mass is 32.1. The van der Waals surface area contributed by atoms with Crippen LogP contribution in [0.3, 0.4) is 0 Å². The van der Waals surface area contributed by atoms with E-state index in [1.165, 1.54) is 16.0 Å². The Morgan fingerprint density at radius 2 is 1.87 bits per heavy atom. The van der Waals surface area contributed by atoms with Crippen molar-refractivity contribution in [1.29, 1.82) is 0 Å². The van der Waals surface area contributed by atoms with E-state index in [1.54, 1.807) is 0 Å². The van der Waals surface area contributed by atoms with Gasteiger partial charge >= 0.3 is 0 Å². The number of thiophene rings is 1. The largest absolute Gasteiger partial charge is 0.149 e. The van der Waals surface area contributed by atoms with Gasteiger partial charge < -0.3 is 0 Å². The van der Waals surface area contributed by atoms with Gasteiger partial charge in [-0.05, 0) is 29.0 Å². The van der Waals surface area contributed by atoms with E-state index in [-0.39, 0.29) is 0 Å². The summed E-state index contributed by atoms with van der Waals surface area (Å²) >= 11 is 1.87. The van der Waals surface area contributed by atoms with Crippen molar-refractivity contribution in [3.8, 4) is 0 Å². The van der Waals surface area contributed by atoms with Crippen molar-refractivity contribution in [2.45, 2.75) is 26.2 Å². The van der Waals surface area contributed by atoms with Gasteiger partial charge in [0.15, 0.2) is 0 Å². The number of hydrogen-bond donors (Lipinski definition) is 0. The van der Waals surface area contributed by atoms with Crippen molar-refractivity contribution < 1.29 is 0 Å². The smallest absolute Gasteiger partial charge is 0.00693 e. The zero-order valence-electron chi connectivity index (χ0n) is 9.23. The molecular weight excluding hydrogens is 200 g/mol. The maximum absolute atomic E-state index is 2.34.